The molecule has 16 rings (SSSR count). The molecule has 338 valence electrons. The lowest BCUT2D eigenvalue weighted by Gasteiger charge is -2.29. The van der Waals surface area contributed by atoms with E-state index in [4.69, 9.17) is 0 Å². The molecule has 0 atom stereocenters. The van der Waals surface area contributed by atoms with E-state index in [9.17, 15) is 5.26 Å². The fourth-order valence-corrected chi connectivity index (χ4v) is 15.7. The number of hydrogen-bond acceptors (Lipinski definition) is 4. The van der Waals surface area contributed by atoms with E-state index < -0.39 is 0 Å². The molecule has 0 saturated heterocycles. The van der Waals surface area contributed by atoms with E-state index in [-0.39, 0.29) is 0 Å². The lowest BCUT2D eigenvalue weighted by molar-refractivity contribution is 1.14. The van der Waals surface area contributed by atoms with Gasteiger partial charge in [-0.05, 0) is 77.4 Å². The van der Waals surface area contributed by atoms with Crippen LogP contribution in [0.1, 0.15) is 5.56 Å². The number of rotatable bonds is 5. The van der Waals surface area contributed by atoms with E-state index in [2.05, 4.69) is 240 Å². The van der Waals surface area contributed by atoms with Crippen LogP contribution in [0.4, 0.5) is 0 Å². The number of aromatic nitrogens is 2. The molecule has 0 bridgehead atoms. The fraction of sp³-hybridized carbons (Fsp3) is 0. The summed E-state index contributed by atoms with van der Waals surface area (Å²) >= 11 is 5.47. The molecule has 3 nitrogen and oxygen atoms in total. The SMILES string of the molecule is N#Cc1c(-c2cccc3sc4ccccc4c23)c(-n2c3ccccc3c3ccccc32)c(-c2cccc3sc4ccccc4c23)c(-n2c3ccccc3c3ccccc32)c1-c1cccc2sc3ccccc3c12. The number of thiophene rings is 3. The van der Waals surface area contributed by atoms with Crippen molar-refractivity contribution in [2.75, 3.05) is 0 Å². The maximum Gasteiger partial charge on any atom is 0.101 e. The summed E-state index contributed by atoms with van der Waals surface area (Å²) < 4.78 is 12.3. The molecule has 0 N–H and O–H groups in total. The molecule has 6 heteroatoms. The van der Waals surface area contributed by atoms with Gasteiger partial charge in [0.05, 0.1) is 39.0 Å². The van der Waals surface area contributed by atoms with Crippen molar-refractivity contribution in [2.45, 2.75) is 0 Å². The lowest BCUT2D eigenvalue weighted by Crippen LogP contribution is -2.11. The van der Waals surface area contributed by atoms with Gasteiger partial charge < -0.3 is 9.13 Å². The highest BCUT2D eigenvalue weighted by Gasteiger charge is 2.35. The zero-order valence-corrected chi connectivity index (χ0v) is 41.4. The fourth-order valence-electron chi connectivity index (χ4n) is 12.3. The summed E-state index contributed by atoms with van der Waals surface area (Å²) in [7, 11) is 0. The highest BCUT2D eigenvalue weighted by Crippen LogP contribution is 2.57. The molecule has 0 aliphatic rings. The van der Waals surface area contributed by atoms with Crippen LogP contribution in [0.3, 0.4) is 0 Å². The monoisotopic (exact) mass is 979 g/mol. The van der Waals surface area contributed by atoms with E-state index in [1.807, 2.05) is 34.0 Å². The summed E-state index contributed by atoms with van der Waals surface area (Å²) in [5.41, 5.74) is 12.9. The Hall–Kier alpha value is -8.83. The molecule has 0 radical (unpaired) electrons. The number of fused-ring (bicyclic) bond motifs is 15. The standard InChI is InChI=1S/C67H37N3S3/c68-38-49-63(46-25-15-35-57-60(46)43-22-5-12-32-54(43)71-57)66(69-50-28-8-1-18-39(50)40-19-2-9-29-51(40)69)65(48-27-17-37-59-62(48)45-24-7-14-34-56(45)73-59)67(70-52-30-10-3-20-41(52)42-21-4-11-31-53(42)70)64(49)47-26-16-36-58-61(47)44-23-6-13-33-55(44)72-58/h1-37H. The Morgan fingerprint density at radius 1 is 0.274 bits per heavy atom. The third kappa shape index (κ3) is 5.67. The maximum atomic E-state index is 12.8. The van der Waals surface area contributed by atoms with Crippen LogP contribution in [-0.2, 0) is 0 Å². The molecule has 0 spiro atoms. The van der Waals surface area contributed by atoms with Gasteiger partial charge in [0.1, 0.15) is 6.07 Å². The molecule has 11 aromatic carbocycles. The highest BCUT2D eigenvalue weighted by molar-refractivity contribution is 7.26. The summed E-state index contributed by atoms with van der Waals surface area (Å²) in [4.78, 5) is 0. The smallest absolute Gasteiger partial charge is 0.101 e. The van der Waals surface area contributed by atoms with Crippen molar-refractivity contribution in [1.82, 2.24) is 9.13 Å². The zero-order chi connectivity index (χ0) is 47.9. The molecule has 0 aliphatic heterocycles. The molecule has 5 heterocycles. The molecule has 0 aliphatic carbocycles. The number of hydrogen-bond donors (Lipinski definition) is 0. The third-order valence-corrected chi connectivity index (χ3v) is 18.6. The predicted octanol–water partition coefficient (Wildman–Crippen LogP) is 19.9. The van der Waals surface area contributed by atoms with Crippen LogP contribution in [0.25, 0.3) is 149 Å². The van der Waals surface area contributed by atoms with Crippen LogP contribution < -0.4 is 0 Å². The zero-order valence-electron chi connectivity index (χ0n) is 38.9. The number of nitrogens with zero attached hydrogens (tertiary/aromatic N) is 3. The number of para-hydroxylation sites is 4. The third-order valence-electron chi connectivity index (χ3n) is 15.2. The Morgan fingerprint density at radius 3 is 0.877 bits per heavy atom. The summed E-state index contributed by atoms with van der Waals surface area (Å²) in [6.45, 7) is 0. The molecule has 0 fully saturated rings. The summed E-state index contributed by atoms with van der Waals surface area (Å²) in [6, 6.07) is 85.2. The van der Waals surface area contributed by atoms with Gasteiger partial charge in [-0.3, -0.25) is 0 Å². The van der Waals surface area contributed by atoms with Gasteiger partial charge in [0.15, 0.2) is 0 Å². The summed E-state index contributed by atoms with van der Waals surface area (Å²) in [5.74, 6) is 0. The largest absolute Gasteiger partial charge is 0.308 e. The van der Waals surface area contributed by atoms with E-state index in [0.717, 1.165) is 99.1 Å². The van der Waals surface area contributed by atoms with E-state index in [0.29, 0.717) is 5.56 Å². The minimum Gasteiger partial charge on any atom is -0.308 e. The van der Waals surface area contributed by atoms with Crippen LogP contribution >= 0.6 is 34.0 Å². The van der Waals surface area contributed by atoms with Gasteiger partial charge in [0.2, 0.25) is 0 Å². The first kappa shape index (κ1) is 40.9. The Morgan fingerprint density at radius 2 is 0.548 bits per heavy atom. The summed E-state index contributed by atoms with van der Waals surface area (Å²) in [5, 5.41) is 24.5. The lowest BCUT2D eigenvalue weighted by atomic mass is 9.81. The molecular weight excluding hydrogens is 943 g/mol. The van der Waals surface area contributed by atoms with Crippen molar-refractivity contribution < 1.29 is 0 Å². The highest BCUT2D eigenvalue weighted by atomic mass is 32.1. The molecule has 16 aromatic rings. The molecule has 5 aromatic heterocycles. The van der Waals surface area contributed by atoms with Crippen molar-refractivity contribution >= 4 is 138 Å². The van der Waals surface area contributed by atoms with Crippen LogP contribution in [0, 0.1) is 11.3 Å². The average Bonchev–Trinajstić information content (AvgIpc) is 4.27. The molecule has 0 saturated carbocycles. The molecule has 0 amide bonds. The first-order chi connectivity index (χ1) is 36.2. The van der Waals surface area contributed by atoms with Crippen LogP contribution in [-0.4, -0.2) is 9.13 Å². The van der Waals surface area contributed by atoms with Crippen molar-refractivity contribution in [3.05, 3.63) is 230 Å². The number of nitriles is 1. The van der Waals surface area contributed by atoms with Gasteiger partial charge in [-0.25, -0.2) is 0 Å². The Labute approximate surface area is 430 Å². The minimum absolute atomic E-state index is 0.630. The van der Waals surface area contributed by atoms with Gasteiger partial charge >= 0.3 is 0 Å². The Balaban J connectivity index is 1.28. The van der Waals surface area contributed by atoms with Gasteiger partial charge in [-0.15, -0.1) is 34.0 Å². The normalized spacial score (nSPS) is 12.1. The van der Waals surface area contributed by atoms with Gasteiger partial charge in [-0.1, -0.05) is 164 Å². The average molecular weight is 980 g/mol. The molecular formula is C67H37N3S3. The molecule has 73 heavy (non-hydrogen) atoms. The van der Waals surface area contributed by atoms with Crippen LogP contribution in [0.15, 0.2) is 224 Å². The van der Waals surface area contributed by atoms with Gasteiger partial charge in [-0.2, -0.15) is 5.26 Å². The first-order valence-corrected chi connectivity index (χ1v) is 27.0. The van der Waals surface area contributed by atoms with Crippen molar-refractivity contribution in [3.63, 3.8) is 0 Å². The van der Waals surface area contributed by atoms with Crippen molar-refractivity contribution in [1.29, 1.82) is 5.26 Å². The first-order valence-electron chi connectivity index (χ1n) is 24.6. The Kier molecular flexibility index (Phi) is 8.72. The quantitative estimate of drug-likeness (QED) is 0.169. The van der Waals surface area contributed by atoms with E-state index >= 15 is 0 Å². The number of benzene rings is 11. The van der Waals surface area contributed by atoms with E-state index in [1.165, 1.54) is 49.7 Å². The maximum absolute atomic E-state index is 12.8. The Bertz CT molecular complexity index is 4710. The second-order valence-electron chi connectivity index (χ2n) is 18.9. The van der Waals surface area contributed by atoms with Crippen LogP contribution in [0.2, 0.25) is 0 Å². The minimum atomic E-state index is 0.630. The summed E-state index contributed by atoms with van der Waals surface area (Å²) in [6.07, 6.45) is 0. The van der Waals surface area contributed by atoms with Gasteiger partial charge in [0, 0.05) is 98.8 Å². The van der Waals surface area contributed by atoms with Crippen molar-refractivity contribution in [3.8, 4) is 50.8 Å². The topological polar surface area (TPSA) is 33.6 Å². The second-order valence-corrected chi connectivity index (χ2v) is 22.1. The van der Waals surface area contributed by atoms with Crippen molar-refractivity contribution in [2.24, 2.45) is 0 Å². The van der Waals surface area contributed by atoms with Gasteiger partial charge in [0.25, 0.3) is 0 Å². The second kappa shape index (κ2) is 15.6. The predicted molar refractivity (Wildman–Crippen MR) is 315 cm³/mol. The van der Waals surface area contributed by atoms with Crippen LogP contribution in [0.5, 0.6) is 0 Å². The van der Waals surface area contributed by atoms with E-state index in [1.54, 1.807) is 0 Å². The molecule has 0 unspecified atom stereocenters.